The molecule has 0 amide bonds. The minimum Gasteiger partial charge on any atom is -0.369 e. The van der Waals surface area contributed by atoms with E-state index in [9.17, 15) is 0 Å². The van der Waals surface area contributed by atoms with Crippen molar-refractivity contribution < 1.29 is 0 Å². The molecule has 2 rings (SSSR count). The fourth-order valence-electron chi connectivity index (χ4n) is 2.40. The van der Waals surface area contributed by atoms with Crippen molar-refractivity contribution in [3.63, 3.8) is 0 Å². The molecular formula is C16H26N2S. The van der Waals surface area contributed by atoms with Gasteiger partial charge in [-0.3, -0.25) is 4.90 Å². The zero-order chi connectivity index (χ0) is 13.5. The molecule has 2 nitrogen and oxygen atoms in total. The smallest absolute Gasteiger partial charge is 0.0445 e. The highest BCUT2D eigenvalue weighted by molar-refractivity contribution is 7.99. The van der Waals surface area contributed by atoms with Crippen molar-refractivity contribution in [3.05, 3.63) is 29.8 Å². The van der Waals surface area contributed by atoms with Crippen molar-refractivity contribution >= 4 is 17.4 Å². The standard InChI is InChI=1S/C16H26N2S/c1-3-4-12-19-14-17-8-10-18(11-9-17)16-7-5-6-15(2)13-16/h5-7,13H,3-4,8-12,14H2,1-2H3. The molecule has 0 spiro atoms. The van der Waals surface area contributed by atoms with Crippen LogP contribution < -0.4 is 4.90 Å². The number of anilines is 1. The third-order valence-corrected chi connectivity index (χ3v) is 4.78. The Morgan fingerprint density at radius 2 is 1.95 bits per heavy atom. The fourth-order valence-corrected chi connectivity index (χ4v) is 3.54. The van der Waals surface area contributed by atoms with E-state index in [0.29, 0.717) is 0 Å². The van der Waals surface area contributed by atoms with Gasteiger partial charge in [0.1, 0.15) is 0 Å². The highest BCUT2D eigenvalue weighted by Gasteiger charge is 2.16. The highest BCUT2D eigenvalue weighted by Crippen LogP contribution is 2.18. The Bertz CT molecular complexity index is 373. The molecule has 0 radical (unpaired) electrons. The number of aryl methyl sites for hydroxylation is 1. The molecule has 0 atom stereocenters. The normalized spacial score (nSPS) is 16.8. The second-order valence-electron chi connectivity index (χ2n) is 5.33. The molecule has 1 aliphatic heterocycles. The van der Waals surface area contributed by atoms with Gasteiger partial charge in [-0.1, -0.05) is 25.5 Å². The summed E-state index contributed by atoms with van der Waals surface area (Å²) in [5.41, 5.74) is 2.74. The Morgan fingerprint density at radius 1 is 1.16 bits per heavy atom. The summed E-state index contributed by atoms with van der Waals surface area (Å²) in [7, 11) is 0. The van der Waals surface area contributed by atoms with E-state index in [1.165, 1.54) is 48.8 Å². The Morgan fingerprint density at radius 3 is 2.63 bits per heavy atom. The quantitative estimate of drug-likeness (QED) is 0.734. The summed E-state index contributed by atoms with van der Waals surface area (Å²) in [5.74, 6) is 2.52. The molecule has 0 N–H and O–H groups in total. The van der Waals surface area contributed by atoms with Gasteiger partial charge in [0.25, 0.3) is 0 Å². The van der Waals surface area contributed by atoms with Crippen LogP contribution in [0.2, 0.25) is 0 Å². The van der Waals surface area contributed by atoms with Crippen LogP contribution in [0.1, 0.15) is 25.3 Å². The fraction of sp³-hybridized carbons (Fsp3) is 0.625. The van der Waals surface area contributed by atoms with Crippen molar-refractivity contribution in [2.75, 3.05) is 42.7 Å². The lowest BCUT2D eigenvalue weighted by molar-refractivity contribution is 0.301. The van der Waals surface area contributed by atoms with Crippen molar-refractivity contribution in [3.8, 4) is 0 Å². The summed E-state index contributed by atoms with van der Waals surface area (Å²) < 4.78 is 0. The number of unbranched alkanes of at least 4 members (excludes halogenated alkanes) is 1. The minimum absolute atomic E-state index is 1.16. The van der Waals surface area contributed by atoms with Crippen molar-refractivity contribution in [2.45, 2.75) is 26.7 Å². The first-order chi connectivity index (χ1) is 9.29. The van der Waals surface area contributed by atoms with Crippen molar-refractivity contribution in [1.82, 2.24) is 4.90 Å². The van der Waals surface area contributed by atoms with Crippen molar-refractivity contribution in [1.29, 1.82) is 0 Å². The molecule has 0 aliphatic carbocycles. The van der Waals surface area contributed by atoms with Gasteiger partial charge in [0, 0.05) is 37.7 Å². The lowest BCUT2D eigenvalue weighted by atomic mass is 10.2. The zero-order valence-electron chi connectivity index (χ0n) is 12.3. The molecule has 1 fully saturated rings. The van der Waals surface area contributed by atoms with Gasteiger partial charge in [0.05, 0.1) is 0 Å². The van der Waals surface area contributed by atoms with E-state index in [1.807, 2.05) is 0 Å². The molecule has 1 aliphatic rings. The summed E-state index contributed by atoms with van der Waals surface area (Å²) in [6.07, 6.45) is 2.67. The van der Waals surface area contributed by atoms with Crippen LogP contribution in [0, 0.1) is 6.92 Å². The monoisotopic (exact) mass is 278 g/mol. The van der Waals surface area contributed by atoms with Crippen LogP contribution in [0.4, 0.5) is 5.69 Å². The number of nitrogens with zero attached hydrogens (tertiary/aromatic N) is 2. The lowest BCUT2D eigenvalue weighted by Crippen LogP contribution is -2.46. The first kappa shape index (κ1) is 14.7. The highest BCUT2D eigenvalue weighted by atomic mass is 32.2. The lowest BCUT2D eigenvalue weighted by Gasteiger charge is -2.36. The van der Waals surface area contributed by atoms with E-state index in [1.54, 1.807) is 0 Å². The van der Waals surface area contributed by atoms with E-state index < -0.39 is 0 Å². The number of hydrogen-bond acceptors (Lipinski definition) is 3. The predicted molar refractivity (Wildman–Crippen MR) is 87.2 cm³/mol. The second kappa shape index (κ2) is 7.81. The number of rotatable bonds is 6. The van der Waals surface area contributed by atoms with Crippen LogP contribution in [0.15, 0.2) is 24.3 Å². The van der Waals surface area contributed by atoms with Gasteiger partial charge in [-0.05, 0) is 36.8 Å². The summed E-state index contributed by atoms with van der Waals surface area (Å²) in [6.45, 7) is 9.17. The summed E-state index contributed by atoms with van der Waals surface area (Å²) >= 11 is 2.09. The Kier molecular flexibility index (Phi) is 6.05. The van der Waals surface area contributed by atoms with Crippen LogP contribution in [-0.2, 0) is 0 Å². The third-order valence-electron chi connectivity index (χ3n) is 3.66. The SMILES string of the molecule is CCCCSCN1CCN(c2cccc(C)c2)CC1. The Balaban J connectivity index is 1.73. The van der Waals surface area contributed by atoms with E-state index in [2.05, 4.69) is 59.7 Å². The van der Waals surface area contributed by atoms with Gasteiger partial charge in [0.15, 0.2) is 0 Å². The summed E-state index contributed by atoms with van der Waals surface area (Å²) in [4.78, 5) is 5.10. The number of piperazine rings is 1. The third kappa shape index (κ3) is 4.73. The van der Waals surface area contributed by atoms with Gasteiger partial charge in [-0.15, -0.1) is 11.8 Å². The molecule has 19 heavy (non-hydrogen) atoms. The van der Waals surface area contributed by atoms with E-state index in [4.69, 9.17) is 0 Å². The van der Waals surface area contributed by atoms with Gasteiger partial charge >= 0.3 is 0 Å². The summed E-state index contributed by atoms with van der Waals surface area (Å²) in [5, 5.41) is 0. The Hall–Kier alpha value is -0.670. The number of hydrogen-bond donors (Lipinski definition) is 0. The van der Waals surface area contributed by atoms with E-state index in [-0.39, 0.29) is 0 Å². The average molecular weight is 278 g/mol. The van der Waals surface area contributed by atoms with Crippen LogP contribution in [0.25, 0.3) is 0 Å². The second-order valence-corrected chi connectivity index (χ2v) is 6.41. The first-order valence-corrected chi connectivity index (χ1v) is 8.57. The van der Waals surface area contributed by atoms with Gasteiger partial charge in [0.2, 0.25) is 0 Å². The minimum atomic E-state index is 1.16. The topological polar surface area (TPSA) is 6.48 Å². The summed E-state index contributed by atoms with van der Waals surface area (Å²) in [6, 6.07) is 8.87. The molecule has 0 bridgehead atoms. The molecule has 0 aromatic heterocycles. The van der Waals surface area contributed by atoms with Crippen LogP contribution >= 0.6 is 11.8 Å². The number of benzene rings is 1. The molecule has 3 heteroatoms. The van der Waals surface area contributed by atoms with Crippen molar-refractivity contribution in [2.24, 2.45) is 0 Å². The molecular weight excluding hydrogens is 252 g/mol. The van der Waals surface area contributed by atoms with Gasteiger partial charge in [-0.2, -0.15) is 0 Å². The molecule has 0 saturated carbocycles. The maximum absolute atomic E-state index is 2.59. The molecule has 106 valence electrons. The van der Waals surface area contributed by atoms with Crippen LogP contribution in [0.5, 0.6) is 0 Å². The Labute approximate surface area is 122 Å². The first-order valence-electron chi connectivity index (χ1n) is 7.41. The van der Waals surface area contributed by atoms with E-state index in [0.717, 1.165) is 13.1 Å². The maximum Gasteiger partial charge on any atom is 0.0445 e. The average Bonchev–Trinajstić information content (AvgIpc) is 2.44. The van der Waals surface area contributed by atoms with Gasteiger partial charge in [-0.25, -0.2) is 0 Å². The number of thioether (sulfide) groups is 1. The van der Waals surface area contributed by atoms with Crippen LogP contribution in [-0.4, -0.2) is 42.7 Å². The van der Waals surface area contributed by atoms with Crippen LogP contribution in [0.3, 0.4) is 0 Å². The maximum atomic E-state index is 2.59. The largest absolute Gasteiger partial charge is 0.369 e. The molecule has 1 saturated heterocycles. The van der Waals surface area contributed by atoms with E-state index >= 15 is 0 Å². The predicted octanol–water partition coefficient (Wildman–Crippen LogP) is 3.61. The molecule has 1 aromatic rings. The molecule has 1 aromatic carbocycles. The molecule has 0 unspecified atom stereocenters. The van der Waals surface area contributed by atoms with Gasteiger partial charge < -0.3 is 4.90 Å². The zero-order valence-corrected chi connectivity index (χ0v) is 13.1. The molecule has 1 heterocycles.